The number of benzene rings is 1. The summed E-state index contributed by atoms with van der Waals surface area (Å²) in [5.41, 5.74) is -0.138. The van der Waals surface area contributed by atoms with Crippen molar-refractivity contribution in [2.75, 3.05) is 11.9 Å². The summed E-state index contributed by atoms with van der Waals surface area (Å²) in [5, 5.41) is 51.8. The number of nitrogens with zero attached hydrogens (tertiary/aromatic N) is 1. The summed E-state index contributed by atoms with van der Waals surface area (Å²) in [6.07, 6.45) is -6.82. The fraction of sp³-hybridized carbons (Fsp3) is 0.500. The molecule has 0 bridgehead atoms. The minimum absolute atomic E-state index is 0.0897. The molecule has 1 heterocycles. The van der Waals surface area contributed by atoms with Gasteiger partial charge in [0, 0.05) is 6.07 Å². The van der Waals surface area contributed by atoms with Crippen LogP contribution < -0.4 is 5.32 Å². The Kier molecular flexibility index (Phi) is 4.70. The fourth-order valence-electron chi connectivity index (χ4n) is 2.13. The maximum absolute atomic E-state index is 10.9. The average molecular weight is 300 g/mol. The summed E-state index contributed by atoms with van der Waals surface area (Å²) in [6, 6.07) is 5.72. The molecule has 2 rings (SSSR count). The Morgan fingerprint density at radius 1 is 1.19 bits per heavy atom. The molecule has 1 aromatic rings. The molecule has 116 valence electrons. The van der Waals surface area contributed by atoms with Gasteiger partial charge in [0.1, 0.15) is 30.1 Å². The molecule has 21 heavy (non-hydrogen) atoms. The predicted octanol–water partition coefficient (Wildman–Crippen LogP) is -1.19. The molecule has 9 heteroatoms. The van der Waals surface area contributed by atoms with Crippen molar-refractivity contribution in [1.29, 1.82) is 0 Å². The zero-order chi connectivity index (χ0) is 15.6. The lowest BCUT2D eigenvalue weighted by atomic mass is 9.98. The van der Waals surface area contributed by atoms with Crippen molar-refractivity contribution in [3.05, 3.63) is 34.4 Å². The molecular weight excluding hydrogens is 284 g/mol. The van der Waals surface area contributed by atoms with E-state index in [1.54, 1.807) is 6.07 Å². The minimum Gasteiger partial charge on any atom is -0.394 e. The fourth-order valence-corrected chi connectivity index (χ4v) is 2.13. The van der Waals surface area contributed by atoms with Crippen LogP contribution in [0.2, 0.25) is 0 Å². The van der Waals surface area contributed by atoms with Crippen molar-refractivity contribution >= 4 is 11.4 Å². The number of nitro benzene ring substituents is 1. The molecular formula is C12H16N2O7. The maximum atomic E-state index is 10.9. The molecule has 0 spiro atoms. The highest BCUT2D eigenvalue weighted by Gasteiger charge is 2.43. The lowest BCUT2D eigenvalue weighted by Gasteiger charge is -2.40. The van der Waals surface area contributed by atoms with Gasteiger partial charge >= 0.3 is 0 Å². The van der Waals surface area contributed by atoms with Crippen LogP contribution in [-0.2, 0) is 4.74 Å². The average Bonchev–Trinajstić information content (AvgIpc) is 2.48. The van der Waals surface area contributed by atoms with Gasteiger partial charge in [0.15, 0.2) is 6.23 Å². The van der Waals surface area contributed by atoms with Gasteiger partial charge in [-0.2, -0.15) is 0 Å². The number of anilines is 1. The van der Waals surface area contributed by atoms with Crippen LogP contribution in [0.5, 0.6) is 0 Å². The summed E-state index contributed by atoms with van der Waals surface area (Å²) < 4.78 is 5.23. The number of para-hydroxylation sites is 2. The Balaban J connectivity index is 2.20. The smallest absolute Gasteiger partial charge is 0.292 e. The van der Waals surface area contributed by atoms with Crippen LogP contribution in [0.4, 0.5) is 11.4 Å². The topological polar surface area (TPSA) is 145 Å². The molecule has 1 aliphatic heterocycles. The second kappa shape index (κ2) is 6.33. The Morgan fingerprint density at radius 3 is 2.48 bits per heavy atom. The highest BCUT2D eigenvalue weighted by Crippen LogP contribution is 2.28. The summed E-state index contributed by atoms with van der Waals surface area (Å²) in [5.74, 6) is 0. The van der Waals surface area contributed by atoms with E-state index in [1.165, 1.54) is 18.2 Å². The van der Waals surface area contributed by atoms with Crippen LogP contribution in [-0.4, -0.2) is 62.6 Å². The van der Waals surface area contributed by atoms with Crippen molar-refractivity contribution in [3.63, 3.8) is 0 Å². The van der Waals surface area contributed by atoms with E-state index >= 15 is 0 Å². The highest BCUT2D eigenvalue weighted by molar-refractivity contribution is 5.61. The van der Waals surface area contributed by atoms with Gasteiger partial charge < -0.3 is 30.5 Å². The zero-order valence-electron chi connectivity index (χ0n) is 10.9. The summed E-state index contributed by atoms with van der Waals surface area (Å²) >= 11 is 0. The molecule has 0 unspecified atom stereocenters. The molecule has 1 aromatic carbocycles. The number of nitrogens with one attached hydrogen (secondary N) is 1. The van der Waals surface area contributed by atoms with Gasteiger partial charge in [-0.15, -0.1) is 0 Å². The quantitative estimate of drug-likeness (QED) is 0.344. The lowest BCUT2D eigenvalue weighted by molar-refractivity contribution is -0.384. The van der Waals surface area contributed by atoms with Crippen molar-refractivity contribution in [1.82, 2.24) is 0 Å². The Labute approximate surface area is 119 Å². The number of ether oxygens (including phenoxy) is 1. The second-order valence-corrected chi connectivity index (χ2v) is 4.67. The van der Waals surface area contributed by atoms with E-state index in [0.717, 1.165) is 0 Å². The second-order valence-electron chi connectivity index (χ2n) is 4.67. The van der Waals surface area contributed by atoms with Crippen LogP contribution >= 0.6 is 0 Å². The van der Waals surface area contributed by atoms with Crippen LogP contribution in [0, 0.1) is 10.1 Å². The number of hydrogen-bond donors (Lipinski definition) is 5. The minimum atomic E-state index is -1.55. The van der Waals surface area contributed by atoms with E-state index in [1.807, 2.05) is 0 Å². The zero-order valence-corrected chi connectivity index (χ0v) is 10.9. The molecule has 5 N–H and O–H groups in total. The van der Waals surface area contributed by atoms with Crippen molar-refractivity contribution < 1.29 is 30.1 Å². The monoisotopic (exact) mass is 300 g/mol. The van der Waals surface area contributed by atoms with Crippen molar-refractivity contribution in [2.24, 2.45) is 0 Å². The number of hydrogen-bond acceptors (Lipinski definition) is 8. The van der Waals surface area contributed by atoms with Crippen LogP contribution in [0.25, 0.3) is 0 Å². The van der Waals surface area contributed by atoms with E-state index in [4.69, 9.17) is 9.84 Å². The molecule has 5 atom stereocenters. The number of nitro groups is 1. The highest BCUT2D eigenvalue weighted by atomic mass is 16.6. The van der Waals surface area contributed by atoms with Gasteiger partial charge in [-0.1, -0.05) is 12.1 Å². The first-order valence-corrected chi connectivity index (χ1v) is 6.26. The van der Waals surface area contributed by atoms with Gasteiger partial charge in [-0.05, 0) is 6.07 Å². The summed E-state index contributed by atoms with van der Waals surface area (Å²) in [6.45, 7) is -0.569. The van der Waals surface area contributed by atoms with Crippen molar-refractivity contribution in [2.45, 2.75) is 30.6 Å². The third kappa shape index (κ3) is 3.12. The summed E-state index contributed by atoms with van der Waals surface area (Å²) in [4.78, 5) is 10.3. The Bertz CT molecular complexity index is 510. The number of aliphatic hydroxyl groups excluding tert-OH is 4. The normalized spacial score (nSPS) is 32.7. The SMILES string of the molecule is O=[N+]([O-])c1ccccc1N[C@@H]1O[C@H](CO)[C@H](O)[C@@H](O)[C@@H]1O. The molecule has 0 saturated carbocycles. The van der Waals surface area contributed by atoms with E-state index < -0.39 is 42.2 Å². The van der Waals surface area contributed by atoms with Gasteiger partial charge in [0.2, 0.25) is 0 Å². The lowest BCUT2D eigenvalue weighted by Crippen LogP contribution is -2.60. The predicted molar refractivity (Wildman–Crippen MR) is 70.5 cm³/mol. The first-order valence-electron chi connectivity index (χ1n) is 6.26. The first kappa shape index (κ1) is 15.6. The van der Waals surface area contributed by atoms with Crippen molar-refractivity contribution in [3.8, 4) is 0 Å². The van der Waals surface area contributed by atoms with Gasteiger partial charge in [0.25, 0.3) is 5.69 Å². The summed E-state index contributed by atoms with van der Waals surface area (Å²) in [7, 11) is 0. The molecule has 1 aliphatic rings. The molecule has 9 nitrogen and oxygen atoms in total. The van der Waals surface area contributed by atoms with Crippen LogP contribution in [0.1, 0.15) is 0 Å². The molecule has 0 aromatic heterocycles. The number of aliphatic hydroxyl groups is 4. The van der Waals surface area contributed by atoms with E-state index in [-0.39, 0.29) is 11.4 Å². The van der Waals surface area contributed by atoms with E-state index in [9.17, 15) is 25.4 Å². The molecule has 1 saturated heterocycles. The molecule has 0 aliphatic carbocycles. The first-order chi connectivity index (χ1) is 9.95. The van der Waals surface area contributed by atoms with Crippen LogP contribution in [0.15, 0.2) is 24.3 Å². The molecule has 0 amide bonds. The standard InChI is InChI=1S/C12H16N2O7/c15-5-8-9(16)10(17)11(18)12(21-8)13-6-3-1-2-4-7(6)14(19)20/h1-4,8-13,15-18H,5H2/t8-,9+,10-,11+,12-/m1/s1. The van der Waals surface area contributed by atoms with E-state index in [2.05, 4.69) is 5.32 Å². The third-order valence-electron chi connectivity index (χ3n) is 3.29. The van der Waals surface area contributed by atoms with E-state index in [0.29, 0.717) is 0 Å². The van der Waals surface area contributed by atoms with Gasteiger partial charge in [-0.3, -0.25) is 10.1 Å². The Hall–Kier alpha value is -1.78. The van der Waals surface area contributed by atoms with Gasteiger partial charge in [-0.25, -0.2) is 0 Å². The molecule has 0 radical (unpaired) electrons. The number of rotatable bonds is 4. The largest absolute Gasteiger partial charge is 0.394 e. The Morgan fingerprint density at radius 2 is 1.86 bits per heavy atom. The molecule has 1 fully saturated rings. The van der Waals surface area contributed by atoms with Gasteiger partial charge in [0.05, 0.1) is 11.5 Å². The third-order valence-corrected chi connectivity index (χ3v) is 3.29. The maximum Gasteiger partial charge on any atom is 0.292 e. The van der Waals surface area contributed by atoms with Crippen LogP contribution in [0.3, 0.4) is 0 Å².